The van der Waals surface area contributed by atoms with Crippen molar-refractivity contribution in [2.45, 2.75) is 43.7 Å². The van der Waals surface area contributed by atoms with Crippen molar-refractivity contribution in [2.24, 2.45) is 4.99 Å². The molecule has 0 amide bonds. The number of halogens is 1. The minimum Gasteiger partial charge on any atom is -0.377 e. The van der Waals surface area contributed by atoms with Gasteiger partial charge in [-0.05, 0) is 49.4 Å². The Hall–Kier alpha value is -1.69. The molecule has 1 saturated heterocycles. The SMILES string of the molecule is CCNC(=NCc1ccc(S(=O)(=O)NCC2CCCO2)cc1)NCCc1ccccc1.I. The molecule has 7 nitrogen and oxygen atoms in total. The van der Waals surface area contributed by atoms with Gasteiger partial charge in [-0.1, -0.05) is 42.5 Å². The first-order valence-electron chi connectivity index (χ1n) is 10.8. The Morgan fingerprint density at radius 1 is 1.06 bits per heavy atom. The van der Waals surface area contributed by atoms with Crippen molar-refractivity contribution in [3.63, 3.8) is 0 Å². The fourth-order valence-corrected chi connectivity index (χ4v) is 4.41. The molecule has 1 unspecified atom stereocenters. The molecule has 0 aliphatic carbocycles. The Morgan fingerprint density at radius 3 is 2.47 bits per heavy atom. The molecule has 3 N–H and O–H groups in total. The molecule has 0 aromatic heterocycles. The lowest BCUT2D eigenvalue weighted by Crippen LogP contribution is -2.38. The second-order valence-corrected chi connectivity index (χ2v) is 9.26. The van der Waals surface area contributed by atoms with Crippen LogP contribution in [0, 0.1) is 0 Å². The van der Waals surface area contributed by atoms with Gasteiger partial charge in [0.1, 0.15) is 0 Å². The number of nitrogens with one attached hydrogen (secondary N) is 3. The largest absolute Gasteiger partial charge is 0.377 e. The number of sulfonamides is 1. The van der Waals surface area contributed by atoms with E-state index in [1.165, 1.54) is 5.56 Å². The van der Waals surface area contributed by atoms with E-state index in [9.17, 15) is 8.42 Å². The van der Waals surface area contributed by atoms with Crippen LogP contribution in [-0.4, -0.2) is 46.7 Å². The zero-order valence-electron chi connectivity index (χ0n) is 18.4. The maximum atomic E-state index is 12.5. The summed E-state index contributed by atoms with van der Waals surface area (Å²) in [6, 6.07) is 17.2. The topological polar surface area (TPSA) is 91.8 Å². The van der Waals surface area contributed by atoms with Crippen LogP contribution in [0.15, 0.2) is 64.5 Å². The maximum Gasteiger partial charge on any atom is 0.240 e. The van der Waals surface area contributed by atoms with E-state index in [2.05, 4.69) is 32.5 Å². The van der Waals surface area contributed by atoms with Crippen molar-refractivity contribution >= 4 is 40.0 Å². The summed E-state index contributed by atoms with van der Waals surface area (Å²) in [5.41, 5.74) is 2.22. The van der Waals surface area contributed by atoms with E-state index in [1.807, 2.05) is 25.1 Å². The van der Waals surface area contributed by atoms with Crippen LogP contribution >= 0.6 is 24.0 Å². The molecule has 1 fully saturated rings. The van der Waals surface area contributed by atoms with E-state index < -0.39 is 10.0 Å². The highest BCUT2D eigenvalue weighted by Gasteiger charge is 2.20. The zero-order chi connectivity index (χ0) is 21.9. The smallest absolute Gasteiger partial charge is 0.240 e. The third kappa shape index (κ3) is 8.68. The van der Waals surface area contributed by atoms with Crippen molar-refractivity contribution in [3.8, 4) is 0 Å². The van der Waals surface area contributed by atoms with Gasteiger partial charge in [-0.25, -0.2) is 18.1 Å². The molecule has 2 aromatic carbocycles. The molecular formula is C23H33IN4O3S. The average Bonchev–Trinajstić information content (AvgIpc) is 3.31. The van der Waals surface area contributed by atoms with Crippen molar-refractivity contribution in [2.75, 3.05) is 26.2 Å². The molecule has 1 aliphatic heterocycles. The van der Waals surface area contributed by atoms with Crippen LogP contribution in [0.1, 0.15) is 30.9 Å². The first-order chi connectivity index (χ1) is 15.1. The van der Waals surface area contributed by atoms with Crippen molar-refractivity contribution in [1.29, 1.82) is 0 Å². The van der Waals surface area contributed by atoms with Crippen molar-refractivity contribution in [3.05, 3.63) is 65.7 Å². The van der Waals surface area contributed by atoms with Crippen LogP contribution in [0.4, 0.5) is 0 Å². The fraction of sp³-hybridized carbons (Fsp3) is 0.435. The third-order valence-corrected chi connectivity index (χ3v) is 6.51. The molecule has 176 valence electrons. The molecule has 1 aliphatic rings. The number of rotatable bonds is 10. The first kappa shape index (κ1) is 26.6. The van der Waals surface area contributed by atoms with E-state index in [0.717, 1.165) is 43.9 Å². The van der Waals surface area contributed by atoms with E-state index in [4.69, 9.17) is 4.74 Å². The van der Waals surface area contributed by atoms with Gasteiger partial charge in [0.2, 0.25) is 10.0 Å². The lowest BCUT2D eigenvalue weighted by molar-refractivity contribution is 0.114. The highest BCUT2D eigenvalue weighted by molar-refractivity contribution is 14.0. The maximum absolute atomic E-state index is 12.5. The molecule has 9 heteroatoms. The van der Waals surface area contributed by atoms with E-state index >= 15 is 0 Å². The standard InChI is InChI=1S/C23H32N4O3S.HI/c1-2-24-23(25-15-14-19-7-4-3-5-8-19)26-17-20-10-12-22(13-11-20)31(28,29)27-18-21-9-6-16-30-21;/h3-5,7-8,10-13,21,27H,2,6,9,14-18H2,1H3,(H2,24,25,26);1H. The van der Waals surface area contributed by atoms with Gasteiger partial charge < -0.3 is 15.4 Å². The molecular weight excluding hydrogens is 539 g/mol. The summed E-state index contributed by atoms with van der Waals surface area (Å²) in [7, 11) is -3.53. The highest BCUT2D eigenvalue weighted by atomic mass is 127. The van der Waals surface area contributed by atoms with E-state index in [1.54, 1.807) is 24.3 Å². The van der Waals surface area contributed by atoms with Crippen LogP contribution in [0.3, 0.4) is 0 Å². The van der Waals surface area contributed by atoms with Crippen LogP contribution in [-0.2, 0) is 27.7 Å². The van der Waals surface area contributed by atoms with Gasteiger partial charge in [0, 0.05) is 26.2 Å². The molecule has 3 rings (SSSR count). The Labute approximate surface area is 208 Å². The van der Waals surface area contributed by atoms with Crippen molar-refractivity contribution < 1.29 is 13.2 Å². The van der Waals surface area contributed by atoms with Gasteiger partial charge in [-0.2, -0.15) is 0 Å². The summed E-state index contributed by atoms with van der Waals surface area (Å²) in [5.74, 6) is 0.744. The first-order valence-corrected chi connectivity index (χ1v) is 12.3. The Morgan fingerprint density at radius 2 is 1.81 bits per heavy atom. The monoisotopic (exact) mass is 572 g/mol. The molecule has 1 atom stereocenters. The molecule has 0 spiro atoms. The normalized spacial score (nSPS) is 16.4. The van der Waals surface area contributed by atoms with Crippen LogP contribution in [0.25, 0.3) is 0 Å². The third-order valence-electron chi connectivity index (χ3n) is 5.07. The number of guanidine groups is 1. The van der Waals surface area contributed by atoms with Crippen LogP contribution in [0.5, 0.6) is 0 Å². The number of ether oxygens (including phenoxy) is 1. The van der Waals surface area contributed by atoms with Gasteiger partial charge >= 0.3 is 0 Å². The van der Waals surface area contributed by atoms with Gasteiger partial charge in [0.15, 0.2) is 5.96 Å². The van der Waals surface area contributed by atoms with Gasteiger partial charge in [0.05, 0.1) is 17.5 Å². The summed E-state index contributed by atoms with van der Waals surface area (Å²) in [5, 5.41) is 6.58. The fourth-order valence-electron chi connectivity index (χ4n) is 3.35. The predicted octanol–water partition coefficient (Wildman–Crippen LogP) is 3.06. The molecule has 2 aromatic rings. The Balaban J connectivity index is 0.00000363. The number of nitrogens with zero attached hydrogens (tertiary/aromatic N) is 1. The predicted molar refractivity (Wildman–Crippen MR) is 139 cm³/mol. The summed E-state index contributed by atoms with van der Waals surface area (Å²) >= 11 is 0. The minimum atomic E-state index is -3.53. The Kier molecular flexibility index (Phi) is 11.4. The lowest BCUT2D eigenvalue weighted by atomic mass is 10.1. The van der Waals surface area contributed by atoms with Crippen LogP contribution < -0.4 is 15.4 Å². The Bertz CT molecular complexity index is 931. The molecule has 0 bridgehead atoms. The summed E-state index contributed by atoms with van der Waals surface area (Å²) in [6.07, 6.45) is 2.77. The number of benzene rings is 2. The molecule has 1 heterocycles. The second-order valence-electron chi connectivity index (χ2n) is 7.49. The van der Waals surface area contributed by atoms with Crippen LogP contribution in [0.2, 0.25) is 0 Å². The minimum absolute atomic E-state index is 0. The molecule has 0 saturated carbocycles. The summed E-state index contributed by atoms with van der Waals surface area (Å²) in [6.45, 7) is 5.06. The number of hydrogen-bond donors (Lipinski definition) is 3. The number of hydrogen-bond acceptors (Lipinski definition) is 4. The number of aliphatic imine (C=N–C) groups is 1. The van der Waals surface area contributed by atoms with Gasteiger partial charge in [-0.15, -0.1) is 24.0 Å². The summed E-state index contributed by atoms with van der Waals surface area (Å²) < 4.78 is 33.1. The van der Waals surface area contributed by atoms with E-state index in [-0.39, 0.29) is 35.0 Å². The van der Waals surface area contributed by atoms with Gasteiger partial charge in [-0.3, -0.25) is 0 Å². The zero-order valence-corrected chi connectivity index (χ0v) is 21.6. The summed E-state index contributed by atoms with van der Waals surface area (Å²) in [4.78, 5) is 4.86. The molecule has 32 heavy (non-hydrogen) atoms. The lowest BCUT2D eigenvalue weighted by Gasteiger charge is -2.12. The average molecular weight is 573 g/mol. The quantitative estimate of drug-likeness (QED) is 0.231. The molecule has 0 radical (unpaired) electrons. The highest BCUT2D eigenvalue weighted by Crippen LogP contribution is 2.14. The second kappa shape index (κ2) is 13.8. The van der Waals surface area contributed by atoms with Gasteiger partial charge in [0.25, 0.3) is 0 Å². The van der Waals surface area contributed by atoms with Crippen molar-refractivity contribution in [1.82, 2.24) is 15.4 Å². The van der Waals surface area contributed by atoms with E-state index in [0.29, 0.717) is 19.7 Å².